The molecule has 1 heterocycles. The number of benzene rings is 1. The van der Waals surface area contributed by atoms with Crippen LogP contribution in [-0.2, 0) is 4.74 Å². The Hall–Kier alpha value is -1.13. The highest BCUT2D eigenvalue weighted by Crippen LogP contribution is 2.17. The van der Waals surface area contributed by atoms with Gasteiger partial charge in [0, 0.05) is 0 Å². The van der Waals surface area contributed by atoms with Crippen molar-refractivity contribution in [3.8, 4) is 0 Å². The lowest BCUT2D eigenvalue weighted by molar-refractivity contribution is 0.0444. The van der Waals surface area contributed by atoms with Crippen LogP contribution in [-0.4, -0.2) is 20.8 Å². The van der Waals surface area contributed by atoms with Crippen molar-refractivity contribution in [1.82, 2.24) is 0 Å². The molecule has 0 fully saturated rings. The minimum Gasteiger partial charge on any atom is -0.386 e. The standard InChI is InChI=1S/C8H3ClO3Si/c9-13-4-1-2-5-6(3-4)8(11)12-7(5)10/h1-3H. The number of ether oxygens (including phenoxy) is 1. The van der Waals surface area contributed by atoms with Gasteiger partial charge in [-0.15, -0.1) is 0 Å². The molecular weight excluding hydrogens is 208 g/mol. The van der Waals surface area contributed by atoms with Crippen molar-refractivity contribution in [2.75, 3.05) is 0 Å². The molecule has 0 amide bonds. The number of carbonyl (C=O) groups is 2. The van der Waals surface area contributed by atoms with Crippen LogP contribution in [0.4, 0.5) is 0 Å². The van der Waals surface area contributed by atoms with Crippen LogP contribution in [0.5, 0.6) is 0 Å². The van der Waals surface area contributed by atoms with Gasteiger partial charge >= 0.3 is 11.9 Å². The Morgan fingerprint density at radius 1 is 1.15 bits per heavy atom. The summed E-state index contributed by atoms with van der Waals surface area (Å²) in [4.78, 5) is 22.1. The van der Waals surface area contributed by atoms with E-state index in [1.54, 1.807) is 18.2 Å². The Morgan fingerprint density at radius 2 is 1.85 bits per heavy atom. The van der Waals surface area contributed by atoms with E-state index in [4.69, 9.17) is 11.1 Å². The number of fused-ring (bicyclic) bond motifs is 1. The summed E-state index contributed by atoms with van der Waals surface area (Å²) in [6.45, 7) is 0. The summed E-state index contributed by atoms with van der Waals surface area (Å²) < 4.78 is 4.41. The third-order valence-electron chi connectivity index (χ3n) is 1.75. The van der Waals surface area contributed by atoms with Gasteiger partial charge < -0.3 is 4.74 Å². The van der Waals surface area contributed by atoms with E-state index in [1.807, 2.05) is 0 Å². The molecule has 0 saturated heterocycles. The van der Waals surface area contributed by atoms with Crippen molar-refractivity contribution >= 4 is 37.0 Å². The van der Waals surface area contributed by atoms with Gasteiger partial charge in [0.1, 0.15) is 0 Å². The molecule has 3 nitrogen and oxygen atoms in total. The second kappa shape index (κ2) is 2.97. The lowest BCUT2D eigenvalue weighted by Gasteiger charge is -1.94. The van der Waals surface area contributed by atoms with Crippen molar-refractivity contribution in [2.24, 2.45) is 0 Å². The quantitative estimate of drug-likeness (QED) is 0.293. The van der Waals surface area contributed by atoms with E-state index < -0.39 is 11.9 Å². The van der Waals surface area contributed by atoms with E-state index in [9.17, 15) is 9.59 Å². The summed E-state index contributed by atoms with van der Waals surface area (Å²) in [7, 11) is 0.0886. The molecule has 0 N–H and O–H groups in total. The molecule has 0 unspecified atom stereocenters. The maximum atomic E-state index is 11.1. The molecule has 0 bridgehead atoms. The summed E-state index contributed by atoms with van der Waals surface area (Å²) in [6, 6.07) is 4.87. The fourth-order valence-electron chi connectivity index (χ4n) is 1.14. The van der Waals surface area contributed by atoms with Crippen molar-refractivity contribution in [3.63, 3.8) is 0 Å². The minimum atomic E-state index is -0.586. The van der Waals surface area contributed by atoms with E-state index >= 15 is 0 Å². The first-order valence-electron chi connectivity index (χ1n) is 3.49. The highest BCUT2D eigenvalue weighted by atomic mass is 35.6. The second-order valence-electron chi connectivity index (χ2n) is 2.53. The predicted octanol–water partition coefficient (Wildman–Crippen LogP) is 0.480. The molecule has 0 atom stereocenters. The third-order valence-corrected chi connectivity index (χ3v) is 2.94. The Balaban J connectivity index is 2.58. The third kappa shape index (κ3) is 1.28. The molecule has 1 aromatic rings. The van der Waals surface area contributed by atoms with Crippen LogP contribution in [0.1, 0.15) is 20.7 Å². The average molecular weight is 211 g/mol. The number of cyclic esters (lactones) is 2. The highest BCUT2D eigenvalue weighted by Gasteiger charge is 2.29. The molecule has 64 valence electrons. The monoisotopic (exact) mass is 210 g/mol. The van der Waals surface area contributed by atoms with E-state index in [1.165, 1.54) is 0 Å². The number of rotatable bonds is 1. The zero-order chi connectivity index (χ0) is 9.42. The number of hydrogen-bond donors (Lipinski definition) is 0. The van der Waals surface area contributed by atoms with Crippen LogP contribution >= 0.6 is 11.1 Å². The summed E-state index contributed by atoms with van der Waals surface area (Å²) in [5.41, 5.74) is 0.638. The fourth-order valence-corrected chi connectivity index (χ4v) is 1.84. The van der Waals surface area contributed by atoms with Gasteiger partial charge in [0.05, 0.1) is 11.1 Å². The number of hydrogen-bond acceptors (Lipinski definition) is 3. The first-order valence-corrected chi connectivity index (χ1v) is 5.51. The lowest BCUT2D eigenvalue weighted by Crippen LogP contribution is -2.10. The molecular formula is C8H3ClO3Si. The molecule has 1 aromatic carbocycles. The van der Waals surface area contributed by atoms with Gasteiger partial charge in [-0.1, -0.05) is 6.07 Å². The van der Waals surface area contributed by atoms with E-state index in [-0.39, 0.29) is 8.83 Å². The summed E-state index contributed by atoms with van der Waals surface area (Å²) >= 11 is 5.60. The number of carbonyl (C=O) groups excluding carboxylic acids is 2. The minimum absolute atomic E-state index is 0.0886. The normalized spacial score (nSPS) is 14.2. The van der Waals surface area contributed by atoms with Gasteiger partial charge in [-0.05, 0) is 17.3 Å². The molecule has 0 spiro atoms. The van der Waals surface area contributed by atoms with Gasteiger partial charge in [-0.3, -0.25) is 0 Å². The van der Waals surface area contributed by atoms with Gasteiger partial charge in [0.25, 0.3) is 0 Å². The fraction of sp³-hybridized carbons (Fsp3) is 0. The average Bonchev–Trinajstić information content (AvgIpc) is 2.42. The van der Waals surface area contributed by atoms with Crippen LogP contribution in [0.15, 0.2) is 18.2 Å². The maximum Gasteiger partial charge on any atom is 0.346 e. The number of halogens is 1. The van der Waals surface area contributed by atoms with Gasteiger partial charge in [0.2, 0.25) is 8.83 Å². The highest BCUT2D eigenvalue weighted by molar-refractivity contribution is 7.01. The molecule has 1 aliphatic rings. The molecule has 2 radical (unpaired) electrons. The van der Waals surface area contributed by atoms with Crippen LogP contribution in [0, 0.1) is 0 Å². The van der Waals surface area contributed by atoms with E-state index in [0.29, 0.717) is 11.1 Å². The molecule has 1 aliphatic heterocycles. The molecule has 0 saturated carbocycles. The zero-order valence-electron chi connectivity index (χ0n) is 6.33. The first kappa shape index (κ1) is 8.46. The van der Waals surface area contributed by atoms with Crippen LogP contribution in [0.25, 0.3) is 0 Å². The second-order valence-corrected chi connectivity index (χ2v) is 3.87. The van der Waals surface area contributed by atoms with Gasteiger partial charge in [-0.2, -0.15) is 11.1 Å². The first-order chi connectivity index (χ1) is 6.22. The predicted molar refractivity (Wildman–Crippen MR) is 47.4 cm³/mol. The smallest absolute Gasteiger partial charge is 0.346 e. The Bertz CT molecular complexity index is 402. The van der Waals surface area contributed by atoms with Crippen molar-refractivity contribution < 1.29 is 14.3 Å². The van der Waals surface area contributed by atoms with Crippen LogP contribution in [0.3, 0.4) is 0 Å². The Morgan fingerprint density at radius 3 is 2.54 bits per heavy atom. The SMILES string of the molecule is O=C1OC(=O)c2cc([Si]Cl)ccc21. The topological polar surface area (TPSA) is 43.4 Å². The summed E-state index contributed by atoms with van der Waals surface area (Å²) in [5.74, 6) is -1.17. The summed E-state index contributed by atoms with van der Waals surface area (Å²) in [6.07, 6.45) is 0. The molecule has 13 heavy (non-hydrogen) atoms. The van der Waals surface area contributed by atoms with Gasteiger partial charge in [-0.25, -0.2) is 9.59 Å². The van der Waals surface area contributed by atoms with Crippen LogP contribution in [0.2, 0.25) is 0 Å². The molecule has 5 heteroatoms. The molecule has 2 rings (SSSR count). The Labute approximate surface area is 81.2 Å². The summed E-state index contributed by atoms with van der Waals surface area (Å²) in [5, 5.41) is 0.826. The molecule has 0 aromatic heterocycles. The van der Waals surface area contributed by atoms with Crippen LogP contribution < -0.4 is 5.19 Å². The van der Waals surface area contributed by atoms with Gasteiger partial charge in [0.15, 0.2) is 0 Å². The number of esters is 2. The van der Waals surface area contributed by atoms with Crippen molar-refractivity contribution in [2.45, 2.75) is 0 Å². The zero-order valence-corrected chi connectivity index (χ0v) is 8.09. The largest absolute Gasteiger partial charge is 0.386 e. The lowest BCUT2D eigenvalue weighted by atomic mass is 10.1. The van der Waals surface area contributed by atoms with E-state index in [0.717, 1.165) is 5.19 Å². The van der Waals surface area contributed by atoms with E-state index in [2.05, 4.69) is 4.74 Å². The maximum absolute atomic E-state index is 11.1. The molecule has 0 aliphatic carbocycles. The van der Waals surface area contributed by atoms with Crippen molar-refractivity contribution in [3.05, 3.63) is 29.3 Å². The van der Waals surface area contributed by atoms with Crippen molar-refractivity contribution in [1.29, 1.82) is 0 Å². The Kier molecular flexibility index (Phi) is 1.94.